The molecule has 0 bridgehead atoms. The van der Waals surface area contributed by atoms with E-state index in [0.717, 1.165) is 28.9 Å². The number of carbonyl (C=O) groups is 4. The molecule has 0 aromatic heterocycles. The highest BCUT2D eigenvalue weighted by molar-refractivity contribution is 6.10. The first-order chi connectivity index (χ1) is 12.6. The van der Waals surface area contributed by atoms with Gasteiger partial charge in [0, 0.05) is 5.54 Å². The Kier molecular flexibility index (Phi) is 4.67. The van der Waals surface area contributed by atoms with Gasteiger partial charge >= 0.3 is 12.1 Å². The number of nitrogens with zero attached hydrogens (tertiary/aromatic N) is 1. The van der Waals surface area contributed by atoms with Crippen LogP contribution in [0.3, 0.4) is 0 Å². The molecule has 3 N–H and O–H groups in total. The number of amides is 6. The lowest BCUT2D eigenvalue weighted by atomic mass is 9.76. The highest BCUT2D eigenvalue weighted by atomic mass is 16.2. The molecule has 1 aliphatic carbocycles. The minimum Gasteiger partial charge on any atom is -0.333 e. The van der Waals surface area contributed by atoms with Gasteiger partial charge in [-0.15, -0.1) is 0 Å². The molecular weight excluding hydrogens is 348 g/mol. The summed E-state index contributed by atoms with van der Waals surface area (Å²) in [7, 11) is 0. The number of urea groups is 2. The molecule has 1 saturated heterocycles. The Morgan fingerprint density at radius 3 is 2.63 bits per heavy atom. The average molecular weight is 372 g/mol. The summed E-state index contributed by atoms with van der Waals surface area (Å²) in [5.41, 5.74) is 0.164. The van der Waals surface area contributed by atoms with Gasteiger partial charge in [0.05, 0.1) is 0 Å². The number of hydrogen-bond donors (Lipinski definition) is 3. The third-order valence-corrected chi connectivity index (χ3v) is 4.69. The van der Waals surface area contributed by atoms with Gasteiger partial charge in [0.2, 0.25) is 5.91 Å². The van der Waals surface area contributed by atoms with Crippen molar-refractivity contribution in [2.45, 2.75) is 51.1 Å². The van der Waals surface area contributed by atoms with Crippen molar-refractivity contribution in [3.05, 3.63) is 35.4 Å². The second-order valence-electron chi connectivity index (χ2n) is 7.99. The molecule has 1 aliphatic heterocycles. The molecule has 1 spiro atoms. The molecule has 6 amide bonds. The zero-order valence-corrected chi connectivity index (χ0v) is 15.7. The fraction of sp³-hybridized carbons (Fsp3) is 0.474. The van der Waals surface area contributed by atoms with E-state index in [9.17, 15) is 19.2 Å². The van der Waals surface area contributed by atoms with E-state index in [-0.39, 0.29) is 0 Å². The molecule has 0 radical (unpaired) electrons. The first-order valence-electron chi connectivity index (χ1n) is 8.97. The molecule has 1 aromatic carbocycles. The first kappa shape index (κ1) is 18.9. The van der Waals surface area contributed by atoms with E-state index in [1.807, 2.05) is 24.3 Å². The van der Waals surface area contributed by atoms with Crippen LogP contribution in [-0.2, 0) is 21.5 Å². The number of fused-ring (bicyclic) bond motifs is 2. The Labute approximate surface area is 157 Å². The minimum absolute atomic E-state index is 0.453. The molecule has 27 heavy (non-hydrogen) atoms. The maximum atomic E-state index is 13.1. The summed E-state index contributed by atoms with van der Waals surface area (Å²) in [4.78, 5) is 50.4. The lowest BCUT2D eigenvalue weighted by Gasteiger charge is -2.33. The number of rotatable bonds is 2. The van der Waals surface area contributed by atoms with Crippen LogP contribution in [0.25, 0.3) is 0 Å². The fourth-order valence-electron chi connectivity index (χ4n) is 3.64. The van der Waals surface area contributed by atoms with Crippen molar-refractivity contribution in [2.75, 3.05) is 6.54 Å². The van der Waals surface area contributed by atoms with Gasteiger partial charge in [-0.05, 0) is 51.2 Å². The number of nitrogens with one attached hydrogen (secondary N) is 3. The number of aryl methyl sites for hydroxylation is 1. The van der Waals surface area contributed by atoms with Gasteiger partial charge < -0.3 is 10.6 Å². The van der Waals surface area contributed by atoms with Gasteiger partial charge in [-0.2, -0.15) is 0 Å². The summed E-state index contributed by atoms with van der Waals surface area (Å²) in [6.07, 6.45) is 2.09. The topological polar surface area (TPSA) is 108 Å². The van der Waals surface area contributed by atoms with Crippen LogP contribution in [0, 0.1) is 0 Å². The Bertz CT molecular complexity index is 814. The molecule has 0 saturated carbocycles. The summed E-state index contributed by atoms with van der Waals surface area (Å²) < 4.78 is 0. The van der Waals surface area contributed by atoms with Crippen LogP contribution in [0.4, 0.5) is 9.59 Å². The summed E-state index contributed by atoms with van der Waals surface area (Å²) in [6.45, 7) is 4.82. The zero-order valence-electron chi connectivity index (χ0n) is 15.7. The Morgan fingerprint density at radius 2 is 1.93 bits per heavy atom. The van der Waals surface area contributed by atoms with Crippen LogP contribution in [0.1, 0.15) is 44.7 Å². The molecule has 8 nitrogen and oxygen atoms in total. The maximum Gasteiger partial charge on any atom is 0.325 e. The second kappa shape index (κ2) is 6.68. The van der Waals surface area contributed by atoms with Crippen molar-refractivity contribution in [1.29, 1.82) is 0 Å². The number of carbonyl (C=O) groups excluding carboxylic acids is 4. The molecular formula is C19H24N4O4. The lowest BCUT2D eigenvalue weighted by Crippen LogP contribution is -2.51. The van der Waals surface area contributed by atoms with Crippen LogP contribution in [0.5, 0.6) is 0 Å². The van der Waals surface area contributed by atoms with E-state index >= 15 is 0 Å². The fourth-order valence-corrected chi connectivity index (χ4v) is 3.64. The normalized spacial score (nSPS) is 21.7. The van der Waals surface area contributed by atoms with Crippen molar-refractivity contribution in [2.24, 2.45) is 0 Å². The van der Waals surface area contributed by atoms with Gasteiger partial charge in [0.1, 0.15) is 12.1 Å². The van der Waals surface area contributed by atoms with Crippen molar-refractivity contribution in [3.63, 3.8) is 0 Å². The quantitative estimate of drug-likeness (QED) is 0.682. The molecule has 144 valence electrons. The smallest absolute Gasteiger partial charge is 0.325 e. The second-order valence-corrected chi connectivity index (χ2v) is 7.99. The van der Waals surface area contributed by atoms with Crippen LogP contribution in [0.2, 0.25) is 0 Å². The highest BCUT2D eigenvalue weighted by Crippen LogP contribution is 2.39. The predicted octanol–water partition coefficient (Wildman–Crippen LogP) is 1.39. The molecule has 1 heterocycles. The van der Waals surface area contributed by atoms with Crippen molar-refractivity contribution in [3.8, 4) is 0 Å². The Morgan fingerprint density at radius 1 is 1.22 bits per heavy atom. The van der Waals surface area contributed by atoms with Crippen LogP contribution in [0.15, 0.2) is 24.3 Å². The number of imide groups is 2. The SMILES string of the molecule is CC(C)(C)NC(=O)NC(=O)CN1C(=O)NC2(CCCc3ccccc32)C1=O. The van der Waals surface area contributed by atoms with Gasteiger partial charge in [0.15, 0.2) is 0 Å². The van der Waals surface area contributed by atoms with E-state index in [0.29, 0.717) is 6.42 Å². The zero-order chi connectivity index (χ0) is 19.8. The highest BCUT2D eigenvalue weighted by Gasteiger charge is 2.54. The van der Waals surface area contributed by atoms with Gasteiger partial charge in [0.25, 0.3) is 5.91 Å². The van der Waals surface area contributed by atoms with E-state index in [4.69, 9.17) is 0 Å². The standard InChI is InChI=1S/C19H24N4O4/c1-18(2,3)21-16(26)20-14(24)11-23-15(25)19(22-17(23)27)10-6-8-12-7-4-5-9-13(12)19/h4-5,7,9H,6,8,10-11H2,1-3H3,(H,22,27)(H2,20,21,24,26). The van der Waals surface area contributed by atoms with E-state index in [1.165, 1.54) is 0 Å². The summed E-state index contributed by atoms with van der Waals surface area (Å²) >= 11 is 0. The first-order valence-corrected chi connectivity index (χ1v) is 8.97. The van der Waals surface area contributed by atoms with Gasteiger partial charge in [-0.25, -0.2) is 9.59 Å². The maximum absolute atomic E-state index is 13.1. The predicted molar refractivity (Wildman–Crippen MR) is 97.7 cm³/mol. The lowest BCUT2D eigenvalue weighted by molar-refractivity contribution is -0.135. The monoisotopic (exact) mass is 372 g/mol. The van der Waals surface area contributed by atoms with Crippen molar-refractivity contribution in [1.82, 2.24) is 20.9 Å². The molecule has 2 aliphatic rings. The van der Waals surface area contributed by atoms with Crippen LogP contribution in [-0.4, -0.2) is 40.9 Å². The summed E-state index contributed by atoms with van der Waals surface area (Å²) in [6, 6.07) is 6.23. The van der Waals surface area contributed by atoms with E-state index < -0.39 is 41.5 Å². The van der Waals surface area contributed by atoms with Crippen LogP contribution < -0.4 is 16.0 Å². The molecule has 1 fully saturated rings. The Balaban J connectivity index is 1.74. The third kappa shape index (κ3) is 3.65. The minimum atomic E-state index is -1.13. The van der Waals surface area contributed by atoms with Crippen molar-refractivity contribution < 1.29 is 19.2 Å². The van der Waals surface area contributed by atoms with E-state index in [1.54, 1.807) is 20.8 Å². The number of benzene rings is 1. The van der Waals surface area contributed by atoms with Gasteiger partial charge in [-0.3, -0.25) is 19.8 Å². The third-order valence-electron chi connectivity index (χ3n) is 4.69. The molecule has 1 aromatic rings. The number of hydrogen-bond acceptors (Lipinski definition) is 4. The van der Waals surface area contributed by atoms with E-state index in [2.05, 4.69) is 16.0 Å². The molecule has 1 atom stereocenters. The van der Waals surface area contributed by atoms with Crippen LogP contribution >= 0.6 is 0 Å². The van der Waals surface area contributed by atoms with Gasteiger partial charge in [-0.1, -0.05) is 24.3 Å². The summed E-state index contributed by atoms with van der Waals surface area (Å²) in [5.74, 6) is -1.17. The molecule has 8 heteroatoms. The average Bonchev–Trinajstić information content (AvgIpc) is 2.78. The molecule has 3 rings (SSSR count). The Hall–Kier alpha value is -2.90. The largest absolute Gasteiger partial charge is 0.333 e. The molecule has 1 unspecified atom stereocenters. The summed E-state index contributed by atoms with van der Waals surface area (Å²) in [5, 5.41) is 7.52. The van der Waals surface area contributed by atoms with Crippen molar-refractivity contribution >= 4 is 23.9 Å².